The van der Waals surface area contributed by atoms with Crippen molar-refractivity contribution in [3.8, 4) is 0 Å². The summed E-state index contributed by atoms with van der Waals surface area (Å²) in [5.74, 6) is 0.764. The number of hydrogen-bond acceptors (Lipinski definition) is 5. The highest BCUT2D eigenvalue weighted by atomic mass is 32.2. The van der Waals surface area contributed by atoms with Gasteiger partial charge in [-0.05, 0) is 45.1 Å². The minimum Gasteiger partial charge on any atom is -0.341 e. The maximum absolute atomic E-state index is 12.3. The van der Waals surface area contributed by atoms with Crippen molar-refractivity contribution in [3.63, 3.8) is 0 Å². The minimum absolute atomic E-state index is 0.116. The summed E-state index contributed by atoms with van der Waals surface area (Å²) >= 11 is 0. The Morgan fingerprint density at radius 1 is 1.13 bits per heavy atom. The van der Waals surface area contributed by atoms with Crippen LogP contribution < -0.4 is 4.90 Å². The van der Waals surface area contributed by atoms with E-state index >= 15 is 0 Å². The molecule has 2 heterocycles. The smallest absolute Gasteiger partial charge is 0.225 e. The van der Waals surface area contributed by atoms with Crippen molar-refractivity contribution in [2.45, 2.75) is 57.5 Å². The topological polar surface area (TPSA) is 66.4 Å². The second-order valence-corrected chi connectivity index (χ2v) is 8.64. The van der Waals surface area contributed by atoms with Crippen LogP contribution in [0.15, 0.2) is 12.3 Å². The second-order valence-electron chi connectivity index (χ2n) is 6.75. The quantitative estimate of drug-likeness (QED) is 0.839. The van der Waals surface area contributed by atoms with Crippen LogP contribution in [-0.4, -0.2) is 54.1 Å². The van der Waals surface area contributed by atoms with Crippen LogP contribution in [0.25, 0.3) is 0 Å². The molecule has 1 atom stereocenters. The average Bonchev–Trinajstić information content (AvgIpc) is 2.67. The highest BCUT2D eigenvalue weighted by molar-refractivity contribution is 7.88. The fourth-order valence-corrected chi connectivity index (χ4v) is 5.11. The van der Waals surface area contributed by atoms with Gasteiger partial charge in [-0.25, -0.2) is 18.4 Å². The van der Waals surface area contributed by atoms with Gasteiger partial charge in [0, 0.05) is 37.1 Å². The first-order valence-electron chi connectivity index (χ1n) is 8.48. The molecule has 1 unspecified atom stereocenters. The van der Waals surface area contributed by atoms with Gasteiger partial charge in [-0.1, -0.05) is 6.42 Å². The molecular formula is C16H26N4O2S. The van der Waals surface area contributed by atoms with Gasteiger partial charge in [-0.2, -0.15) is 4.31 Å². The van der Waals surface area contributed by atoms with Crippen molar-refractivity contribution in [3.05, 3.63) is 18.0 Å². The highest BCUT2D eigenvalue weighted by Gasteiger charge is 2.37. The van der Waals surface area contributed by atoms with Crippen molar-refractivity contribution in [1.29, 1.82) is 0 Å². The lowest BCUT2D eigenvalue weighted by molar-refractivity contribution is 0.164. The number of sulfonamides is 1. The Morgan fingerprint density at radius 3 is 2.43 bits per heavy atom. The summed E-state index contributed by atoms with van der Waals surface area (Å²) in [6.07, 6.45) is 9.05. The minimum atomic E-state index is -3.15. The van der Waals surface area contributed by atoms with Crippen LogP contribution in [0.2, 0.25) is 0 Å². The molecule has 1 aromatic rings. The Morgan fingerprint density at radius 2 is 1.83 bits per heavy atom. The molecule has 0 radical (unpaired) electrons. The molecule has 1 aliphatic heterocycles. The van der Waals surface area contributed by atoms with Gasteiger partial charge in [0.2, 0.25) is 16.0 Å². The monoisotopic (exact) mass is 338 g/mol. The fraction of sp³-hybridized carbons (Fsp3) is 0.750. The molecule has 0 amide bonds. The van der Waals surface area contributed by atoms with Crippen LogP contribution in [0.1, 0.15) is 44.2 Å². The van der Waals surface area contributed by atoms with Crippen LogP contribution in [0.3, 0.4) is 0 Å². The van der Waals surface area contributed by atoms with Gasteiger partial charge >= 0.3 is 0 Å². The molecule has 0 aromatic carbocycles. The van der Waals surface area contributed by atoms with Crippen molar-refractivity contribution < 1.29 is 8.42 Å². The molecular weight excluding hydrogens is 312 g/mol. The molecule has 6 nitrogen and oxygen atoms in total. The number of hydrogen-bond donors (Lipinski definition) is 0. The first-order chi connectivity index (χ1) is 10.9. The van der Waals surface area contributed by atoms with Crippen molar-refractivity contribution in [2.75, 3.05) is 24.2 Å². The summed E-state index contributed by atoms with van der Waals surface area (Å²) in [6, 6.07) is 2.23. The SMILES string of the molecule is Cc1ccnc(N2CCCC(N(C3CCC3)S(C)(=O)=O)CC2)n1. The van der Waals surface area contributed by atoms with E-state index in [0.717, 1.165) is 63.3 Å². The molecule has 0 N–H and O–H groups in total. The normalized spacial score (nSPS) is 23.6. The predicted molar refractivity (Wildman–Crippen MR) is 90.9 cm³/mol. The van der Waals surface area contributed by atoms with E-state index < -0.39 is 10.0 Å². The Kier molecular flexibility index (Phi) is 4.87. The van der Waals surface area contributed by atoms with Gasteiger partial charge in [-0.3, -0.25) is 0 Å². The molecule has 23 heavy (non-hydrogen) atoms. The first-order valence-corrected chi connectivity index (χ1v) is 10.3. The fourth-order valence-electron chi connectivity index (χ4n) is 3.60. The summed E-state index contributed by atoms with van der Waals surface area (Å²) in [5.41, 5.74) is 0.961. The molecule has 1 saturated heterocycles. The van der Waals surface area contributed by atoms with E-state index in [-0.39, 0.29) is 12.1 Å². The van der Waals surface area contributed by atoms with E-state index in [4.69, 9.17) is 0 Å². The van der Waals surface area contributed by atoms with E-state index in [1.54, 1.807) is 10.5 Å². The number of rotatable bonds is 4. The molecule has 1 aliphatic carbocycles. The number of aryl methyl sites for hydroxylation is 1. The summed E-state index contributed by atoms with van der Waals surface area (Å²) in [6.45, 7) is 3.67. The second kappa shape index (κ2) is 6.73. The summed E-state index contributed by atoms with van der Waals surface area (Å²) in [5, 5.41) is 0. The zero-order valence-corrected chi connectivity index (χ0v) is 14.8. The Balaban J connectivity index is 1.72. The lowest BCUT2D eigenvalue weighted by atomic mass is 9.91. The molecule has 0 spiro atoms. The molecule has 1 saturated carbocycles. The van der Waals surface area contributed by atoms with Crippen LogP contribution in [0.4, 0.5) is 5.95 Å². The number of aromatic nitrogens is 2. The van der Waals surface area contributed by atoms with Crippen LogP contribution in [0, 0.1) is 6.92 Å². The molecule has 2 fully saturated rings. The van der Waals surface area contributed by atoms with Gasteiger partial charge in [0.15, 0.2) is 0 Å². The molecule has 1 aromatic heterocycles. The lowest BCUT2D eigenvalue weighted by Crippen LogP contribution is -2.49. The van der Waals surface area contributed by atoms with Crippen molar-refractivity contribution in [2.24, 2.45) is 0 Å². The van der Waals surface area contributed by atoms with Crippen molar-refractivity contribution >= 4 is 16.0 Å². The highest BCUT2D eigenvalue weighted by Crippen LogP contribution is 2.32. The molecule has 0 bridgehead atoms. The standard InChI is InChI=1S/C16H26N4O2S/c1-13-8-10-17-16(18-13)19-11-4-7-15(9-12-19)20(23(2,21)22)14-5-3-6-14/h8,10,14-15H,3-7,9,11-12H2,1-2H3. The third kappa shape index (κ3) is 3.83. The van der Waals surface area contributed by atoms with E-state index in [1.165, 1.54) is 6.26 Å². The van der Waals surface area contributed by atoms with E-state index in [2.05, 4.69) is 14.9 Å². The Bertz CT molecular complexity index is 645. The molecule has 128 valence electrons. The van der Waals surface area contributed by atoms with Crippen molar-refractivity contribution in [1.82, 2.24) is 14.3 Å². The van der Waals surface area contributed by atoms with Crippen LogP contribution in [-0.2, 0) is 10.0 Å². The molecule has 2 aliphatic rings. The third-order valence-electron chi connectivity index (χ3n) is 4.94. The van der Waals surface area contributed by atoms with Gasteiger partial charge < -0.3 is 4.90 Å². The average molecular weight is 338 g/mol. The Hall–Kier alpha value is -1.21. The third-order valence-corrected chi connectivity index (χ3v) is 6.30. The Labute approximate surface area is 139 Å². The van der Waals surface area contributed by atoms with Crippen LogP contribution >= 0.6 is 0 Å². The lowest BCUT2D eigenvalue weighted by Gasteiger charge is -2.40. The van der Waals surface area contributed by atoms with Gasteiger partial charge in [0.25, 0.3) is 0 Å². The van der Waals surface area contributed by atoms with Crippen LogP contribution in [0.5, 0.6) is 0 Å². The zero-order valence-electron chi connectivity index (χ0n) is 14.0. The number of anilines is 1. The van der Waals surface area contributed by atoms with Gasteiger partial charge in [0.05, 0.1) is 6.26 Å². The largest absolute Gasteiger partial charge is 0.341 e. The van der Waals surface area contributed by atoms with Gasteiger partial charge in [-0.15, -0.1) is 0 Å². The summed E-state index contributed by atoms with van der Waals surface area (Å²) in [7, 11) is -3.15. The first kappa shape index (κ1) is 16.6. The summed E-state index contributed by atoms with van der Waals surface area (Å²) in [4.78, 5) is 11.1. The summed E-state index contributed by atoms with van der Waals surface area (Å²) < 4.78 is 26.3. The maximum atomic E-state index is 12.3. The van der Waals surface area contributed by atoms with E-state index in [0.29, 0.717) is 0 Å². The zero-order chi connectivity index (χ0) is 16.4. The number of nitrogens with zero attached hydrogens (tertiary/aromatic N) is 4. The maximum Gasteiger partial charge on any atom is 0.225 e. The molecule has 3 rings (SSSR count). The van der Waals surface area contributed by atoms with E-state index in [1.807, 2.05) is 13.0 Å². The van der Waals surface area contributed by atoms with Gasteiger partial charge in [0.1, 0.15) is 0 Å². The predicted octanol–water partition coefficient (Wildman–Crippen LogP) is 1.96. The molecule has 7 heteroatoms. The van der Waals surface area contributed by atoms with E-state index in [9.17, 15) is 8.42 Å².